The average molecular weight is 267 g/mol. The first-order chi connectivity index (χ1) is 8.70. The van der Waals surface area contributed by atoms with E-state index in [2.05, 4.69) is 15.2 Å². The number of oxazole rings is 1. The summed E-state index contributed by atoms with van der Waals surface area (Å²) in [6.45, 7) is 3.96. The Morgan fingerprint density at radius 3 is 3.11 bits per heavy atom. The number of aromatic amines is 1. The van der Waals surface area contributed by atoms with Crippen LogP contribution in [0.3, 0.4) is 0 Å². The Balaban J connectivity index is 2.01. The molecule has 0 radical (unpaired) electrons. The Hall–Kier alpha value is -1.76. The highest BCUT2D eigenvalue weighted by Crippen LogP contribution is 2.23. The van der Waals surface area contributed by atoms with Crippen LogP contribution in [0.15, 0.2) is 22.1 Å². The van der Waals surface area contributed by atoms with Gasteiger partial charge in [0.25, 0.3) is 5.22 Å². The molecule has 0 fully saturated rings. The lowest BCUT2D eigenvalue weighted by atomic mass is 10.3. The molecule has 0 aromatic carbocycles. The van der Waals surface area contributed by atoms with E-state index in [9.17, 15) is 4.79 Å². The average Bonchev–Trinajstić information content (AvgIpc) is 2.95. The minimum absolute atomic E-state index is 0.337. The van der Waals surface area contributed by atoms with Crippen LogP contribution in [0, 0.1) is 6.92 Å². The predicted molar refractivity (Wildman–Crippen MR) is 65.3 cm³/mol. The van der Waals surface area contributed by atoms with Crippen molar-refractivity contribution < 1.29 is 13.9 Å². The van der Waals surface area contributed by atoms with Crippen molar-refractivity contribution in [2.24, 2.45) is 0 Å². The number of ether oxygens (including phenoxy) is 1. The van der Waals surface area contributed by atoms with E-state index in [-0.39, 0.29) is 0 Å². The maximum absolute atomic E-state index is 11.6. The van der Waals surface area contributed by atoms with Crippen LogP contribution >= 0.6 is 11.8 Å². The van der Waals surface area contributed by atoms with Crippen LogP contribution in [0.2, 0.25) is 0 Å². The van der Waals surface area contributed by atoms with Crippen molar-refractivity contribution in [1.82, 2.24) is 15.2 Å². The number of carbonyl (C=O) groups is 1. The number of nitrogens with one attached hydrogen (secondary N) is 1. The van der Waals surface area contributed by atoms with Crippen LogP contribution in [0.4, 0.5) is 0 Å². The molecular weight excluding hydrogens is 254 g/mol. The molecule has 0 bridgehead atoms. The summed E-state index contributed by atoms with van der Waals surface area (Å²) in [7, 11) is 0. The van der Waals surface area contributed by atoms with Gasteiger partial charge in [-0.15, -0.1) is 0 Å². The number of nitrogens with zero attached hydrogens (tertiary/aromatic N) is 2. The molecule has 96 valence electrons. The first kappa shape index (κ1) is 12.7. The molecule has 0 aliphatic carbocycles. The number of hydrogen-bond acceptors (Lipinski definition) is 6. The summed E-state index contributed by atoms with van der Waals surface area (Å²) in [6.07, 6.45) is 3.19. The molecule has 0 unspecified atom stereocenters. The predicted octanol–water partition coefficient (Wildman–Crippen LogP) is 2.18. The zero-order chi connectivity index (χ0) is 13.0. The van der Waals surface area contributed by atoms with Crippen LogP contribution in [-0.4, -0.2) is 27.8 Å². The number of H-pyrrole nitrogens is 1. The van der Waals surface area contributed by atoms with E-state index in [0.29, 0.717) is 23.3 Å². The number of carbonyl (C=O) groups excluding carboxylic acids is 1. The van der Waals surface area contributed by atoms with Gasteiger partial charge in [0.2, 0.25) is 0 Å². The number of hydrogen-bond donors (Lipinski definition) is 1. The summed E-state index contributed by atoms with van der Waals surface area (Å²) in [5.74, 6) is 0.152. The van der Waals surface area contributed by atoms with E-state index in [0.717, 1.165) is 11.3 Å². The molecule has 0 aliphatic heterocycles. The van der Waals surface area contributed by atoms with Gasteiger partial charge in [-0.1, -0.05) is 11.8 Å². The largest absolute Gasteiger partial charge is 0.461 e. The first-order valence-corrected chi connectivity index (χ1v) is 6.43. The molecule has 18 heavy (non-hydrogen) atoms. The summed E-state index contributed by atoms with van der Waals surface area (Å²) < 4.78 is 10.1. The van der Waals surface area contributed by atoms with Crippen LogP contribution < -0.4 is 0 Å². The number of aryl methyl sites for hydroxylation is 1. The molecule has 0 aliphatic rings. The topological polar surface area (TPSA) is 81.0 Å². The third-order valence-corrected chi connectivity index (χ3v) is 3.04. The van der Waals surface area contributed by atoms with E-state index >= 15 is 0 Å². The standard InChI is InChI=1S/C11H13N3O3S/c1-3-16-10(15)9-8(4-12-14-9)6-18-11-13-7(2)5-17-11/h4-5H,3,6H2,1-2H3,(H,12,14). The quantitative estimate of drug-likeness (QED) is 0.660. The van der Waals surface area contributed by atoms with Crippen molar-refractivity contribution in [3.8, 4) is 0 Å². The van der Waals surface area contributed by atoms with Crippen molar-refractivity contribution in [3.05, 3.63) is 29.4 Å². The monoisotopic (exact) mass is 267 g/mol. The molecule has 6 nitrogen and oxygen atoms in total. The Kier molecular flexibility index (Phi) is 4.03. The Labute approximate surface area is 108 Å². The molecule has 0 atom stereocenters. The van der Waals surface area contributed by atoms with E-state index in [1.165, 1.54) is 11.8 Å². The molecule has 0 amide bonds. The van der Waals surface area contributed by atoms with Crippen LogP contribution in [-0.2, 0) is 10.5 Å². The van der Waals surface area contributed by atoms with Gasteiger partial charge in [0.1, 0.15) is 12.0 Å². The number of esters is 1. The second kappa shape index (κ2) is 5.72. The minimum atomic E-state index is -0.394. The van der Waals surface area contributed by atoms with Gasteiger partial charge in [0.05, 0.1) is 18.5 Å². The Morgan fingerprint density at radius 2 is 2.44 bits per heavy atom. The van der Waals surface area contributed by atoms with E-state index < -0.39 is 5.97 Å². The maximum Gasteiger partial charge on any atom is 0.356 e. The van der Waals surface area contributed by atoms with Gasteiger partial charge in [0, 0.05) is 11.3 Å². The molecule has 7 heteroatoms. The van der Waals surface area contributed by atoms with E-state index in [1.807, 2.05) is 6.92 Å². The SMILES string of the molecule is CCOC(=O)c1[nH]ncc1CSc1nc(C)co1. The molecule has 2 aromatic heterocycles. The van der Waals surface area contributed by atoms with Crippen molar-refractivity contribution in [2.75, 3.05) is 6.61 Å². The van der Waals surface area contributed by atoms with Crippen molar-refractivity contribution in [1.29, 1.82) is 0 Å². The fourth-order valence-electron chi connectivity index (χ4n) is 1.34. The highest BCUT2D eigenvalue weighted by Gasteiger charge is 2.15. The van der Waals surface area contributed by atoms with Crippen molar-refractivity contribution in [3.63, 3.8) is 0 Å². The van der Waals surface area contributed by atoms with Crippen molar-refractivity contribution >= 4 is 17.7 Å². The molecule has 1 N–H and O–H groups in total. The molecule has 0 spiro atoms. The van der Waals surface area contributed by atoms with Gasteiger partial charge >= 0.3 is 5.97 Å². The summed E-state index contributed by atoms with van der Waals surface area (Å²) in [6, 6.07) is 0. The van der Waals surface area contributed by atoms with Gasteiger partial charge in [0.15, 0.2) is 0 Å². The first-order valence-electron chi connectivity index (χ1n) is 5.45. The second-order valence-electron chi connectivity index (χ2n) is 3.53. The number of thioether (sulfide) groups is 1. The zero-order valence-corrected chi connectivity index (χ0v) is 10.9. The lowest BCUT2D eigenvalue weighted by molar-refractivity contribution is 0.0518. The number of rotatable bonds is 5. The zero-order valence-electron chi connectivity index (χ0n) is 10.1. The van der Waals surface area contributed by atoms with Crippen LogP contribution in [0.25, 0.3) is 0 Å². The van der Waals surface area contributed by atoms with Gasteiger partial charge in [-0.05, 0) is 13.8 Å². The summed E-state index contributed by atoms with van der Waals surface area (Å²) >= 11 is 1.40. The third kappa shape index (κ3) is 2.92. The Bertz CT molecular complexity index is 535. The lowest BCUT2D eigenvalue weighted by Gasteiger charge is -2.01. The fraction of sp³-hybridized carbons (Fsp3) is 0.364. The van der Waals surface area contributed by atoms with Crippen LogP contribution in [0.1, 0.15) is 28.7 Å². The molecule has 2 aromatic rings. The normalized spacial score (nSPS) is 10.6. The fourth-order valence-corrected chi connectivity index (χ4v) is 2.16. The highest BCUT2D eigenvalue weighted by atomic mass is 32.2. The van der Waals surface area contributed by atoms with Crippen LogP contribution in [0.5, 0.6) is 0 Å². The molecule has 0 saturated heterocycles. The minimum Gasteiger partial charge on any atom is -0.461 e. The maximum atomic E-state index is 11.6. The summed E-state index contributed by atoms with van der Waals surface area (Å²) in [4.78, 5) is 15.8. The lowest BCUT2D eigenvalue weighted by Crippen LogP contribution is -2.07. The highest BCUT2D eigenvalue weighted by molar-refractivity contribution is 7.98. The van der Waals surface area contributed by atoms with E-state index in [1.54, 1.807) is 19.4 Å². The van der Waals surface area contributed by atoms with Crippen molar-refractivity contribution in [2.45, 2.75) is 24.8 Å². The van der Waals surface area contributed by atoms with Gasteiger partial charge in [-0.2, -0.15) is 5.10 Å². The van der Waals surface area contributed by atoms with Gasteiger partial charge < -0.3 is 9.15 Å². The molecule has 2 heterocycles. The second-order valence-corrected chi connectivity index (χ2v) is 4.46. The third-order valence-electron chi connectivity index (χ3n) is 2.15. The smallest absolute Gasteiger partial charge is 0.356 e. The molecular formula is C11H13N3O3S. The van der Waals surface area contributed by atoms with Gasteiger partial charge in [-0.3, -0.25) is 5.10 Å². The Morgan fingerprint density at radius 1 is 1.61 bits per heavy atom. The molecule has 0 saturated carbocycles. The summed E-state index contributed by atoms with van der Waals surface area (Å²) in [5.41, 5.74) is 1.98. The van der Waals surface area contributed by atoms with Gasteiger partial charge in [-0.25, -0.2) is 9.78 Å². The van der Waals surface area contributed by atoms with E-state index in [4.69, 9.17) is 9.15 Å². The summed E-state index contributed by atoms with van der Waals surface area (Å²) in [5, 5.41) is 7.07. The molecule has 2 rings (SSSR count). The number of aromatic nitrogens is 3.